The van der Waals surface area contributed by atoms with Gasteiger partial charge in [-0.15, -0.1) is 0 Å². The van der Waals surface area contributed by atoms with Crippen molar-refractivity contribution >= 4 is 0 Å². The molecule has 0 aliphatic carbocycles. The van der Waals surface area contributed by atoms with Crippen molar-refractivity contribution in [2.45, 2.75) is 6.04 Å². The Balaban J connectivity index is 2.32. The summed E-state index contributed by atoms with van der Waals surface area (Å²) in [6, 6.07) is 5.45. The van der Waals surface area contributed by atoms with Crippen LogP contribution in [0.1, 0.15) is 17.4 Å². The molecule has 0 radical (unpaired) electrons. The molecule has 14 heavy (non-hydrogen) atoms. The molecule has 0 aliphatic heterocycles. The molecule has 2 aromatic rings. The van der Waals surface area contributed by atoms with Gasteiger partial charge < -0.3 is 10.3 Å². The van der Waals surface area contributed by atoms with E-state index < -0.39 is 6.04 Å². The van der Waals surface area contributed by atoms with Gasteiger partial charge >= 0.3 is 0 Å². The second kappa shape index (κ2) is 3.55. The Labute approximate surface area is 79.5 Å². The zero-order valence-electron chi connectivity index (χ0n) is 7.22. The molecule has 1 unspecified atom stereocenters. The third-order valence-corrected chi connectivity index (χ3v) is 1.86. The van der Waals surface area contributed by atoms with E-state index in [0.29, 0.717) is 11.4 Å². The van der Waals surface area contributed by atoms with Crippen molar-refractivity contribution in [2.24, 2.45) is 5.73 Å². The van der Waals surface area contributed by atoms with Gasteiger partial charge in [-0.1, -0.05) is 17.3 Å². The van der Waals surface area contributed by atoms with E-state index in [-0.39, 0.29) is 5.82 Å². The Kier molecular flexibility index (Phi) is 2.24. The van der Waals surface area contributed by atoms with Crippen molar-refractivity contribution in [1.82, 2.24) is 10.1 Å². The number of halogens is 1. The summed E-state index contributed by atoms with van der Waals surface area (Å²) >= 11 is 0. The number of nitrogens with two attached hydrogens (primary N) is 1. The van der Waals surface area contributed by atoms with E-state index in [4.69, 9.17) is 5.73 Å². The van der Waals surface area contributed by atoms with Crippen molar-refractivity contribution in [3.05, 3.63) is 47.9 Å². The van der Waals surface area contributed by atoms with Crippen molar-refractivity contribution in [2.75, 3.05) is 0 Å². The van der Waals surface area contributed by atoms with E-state index in [2.05, 4.69) is 14.7 Å². The van der Waals surface area contributed by atoms with Crippen LogP contribution in [-0.4, -0.2) is 10.1 Å². The Morgan fingerprint density at radius 3 is 2.93 bits per heavy atom. The highest BCUT2D eigenvalue weighted by molar-refractivity contribution is 5.24. The predicted molar refractivity (Wildman–Crippen MR) is 46.7 cm³/mol. The summed E-state index contributed by atoms with van der Waals surface area (Å²) in [5, 5.41) is 3.59. The van der Waals surface area contributed by atoms with E-state index in [1.54, 1.807) is 12.1 Å². The number of nitrogens with zero attached hydrogens (tertiary/aromatic N) is 2. The number of rotatable bonds is 2. The van der Waals surface area contributed by atoms with Crippen LogP contribution in [-0.2, 0) is 0 Å². The van der Waals surface area contributed by atoms with Crippen LogP contribution in [0.4, 0.5) is 4.39 Å². The van der Waals surface area contributed by atoms with Gasteiger partial charge in [0, 0.05) is 0 Å². The highest BCUT2D eigenvalue weighted by atomic mass is 19.1. The monoisotopic (exact) mass is 193 g/mol. The zero-order valence-corrected chi connectivity index (χ0v) is 7.22. The van der Waals surface area contributed by atoms with Gasteiger partial charge in [-0.2, -0.15) is 4.98 Å². The minimum Gasteiger partial charge on any atom is -0.343 e. The Morgan fingerprint density at radius 2 is 2.29 bits per heavy atom. The fourth-order valence-electron chi connectivity index (χ4n) is 1.16. The quantitative estimate of drug-likeness (QED) is 0.779. The number of hydrogen-bond acceptors (Lipinski definition) is 4. The highest BCUT2D eigenvalue weighted by Gasteiger charge is 2.13. The van der Waals surface area contributed by atoms with Crippen LogP contribution in [0.5, 0.6) is 0 Å². The molecule has 0 aliphatic rings. The van der Waals surface area contributed by atoms with Crippen LogP contribution in [0.3, 0.4) is 0 Å². The van der Waals surface area contributed by atoms with Crippen LogP contribution in [0.25, 0.3) is 0 Å². The van der Waals surface area contributed by atoms with E-state index in [9.17, 15) is 4.39 Å². The SMILES string of the molecule is NC(c1cccc(F)c1)c1ncon1. The molecule has 5 heteroatoms. The molecule has 1 atom stereocenters. The zero-order chi connectivity index (χ0) is 9.97. The smallest absolute Gasteiger partial charge is 0.213 e. The fraction of sp³-hybridized carbons (Fsp3) is 0.111. The summed E-state index contributed by atoms with van der Waals surface area (Å²) in [7, 11) is 0. The minimum absolute atomic E-state index is 0.332. The Morgan fingerprint density at radius 1 is 1.43 bits per heavy atom. The van der Waals surface area contributed by atoms with Gasteiger partial charge in [0.2, 0.25) is 6.39 Å². The first kappa shape index (κ1) is 8.83. The number of aromatic nitrogens is 2. The average Bonchev–Trinajstić information content (AvgIpc) is 2.69. The maximum atomic E-state index is 12.8. The van der Waals surface area contributed by atoms with Gasteiger partial charge in [-0.3, -0.25) is 0 Å². The standard InChI is InChI=1S/C9H8FN3O/c10-7-3-1-2-6(4-7)8(11)9-12-5-14-13-9/h1-5,8H,11H2. The van der Waals surface area contributed by atoms with Gasteiger partial charge in [0.05, 0.1) is 6.04 Å². The van der Waals surface area contributed by atoms with Gasteiger partial charge in [-0.25, -0.2) is 4.39 Å². The van der Waals surface area contributed by atoms with Crippen LogP contribution in [0, 0.1) is 5.82 Å². The lowest BCUT2D eigenvalue weighted by atomic mass is 10.1. The molecule has 0 bridgehead atoms. The van der Waals surface area contributed by atoms with Crippen molar-refractivity contribution < 1.29 is 8.91 Å². The third-order valence-electron chi connectivity index (χ3n) is 1.86. The minimum atomic E-state index is -0.551. The molecule has 0 saturated carbocycles. The summed E-state index contributed by atoms with van der Waals surface area (Å²) in [6.07, 6.45) is 1.19. The van der Waals surface area contributed by atoms with Crippen LogP contribution in [0.15, 0.2) is 35.2 Å². The Hall–Kier alpha value is -1.75. The number of benzene rings is 1. The van der Waals surface area contributed by atoms with Crippen molar-refractivity contribution in [3.8, 4) is 0 Å². The second-order valence-corrected chi connectivity index (χ2v) is 2.82. The molecule has 0 amide bonds. The van der Waals surface area contributed by atoms with Gasteiger partial charge in [-0.05, 0) is 17.7 Å². The third kappa shape index (κ3) is 1.62. The molecule has 1 aromatic carbocycles. The topological polar surface area (TPSA) is 64.9 Å². The normalized spacial score (nSPS) is 12.7. The molecule has 0 spiro atoms. The first-order chi connectivity index (χ1) is 6.77. The van der Waals surface area contributed by atoms with Crippen molar-refractivity contribution in [3.63, 3.8) is 0 Å². The summed E-state index contributed by atoms with van der Waals surface area (Å²) in [5.74, 6) is 0.0112. The van der Waals surface area contributed by atoms with E-state index in [0.717, 1.165) is 0 Å². The molecule has 0 saturated heterocycles. The summed E-state index contributed by atoms with van der Waals surface area (Å²) < 4.78 is 17.4. The molecule has 0 fully saturated rings. The lowest BCUT2D eigenvalue weighted by Crippen LogP contribution is -2.13. The molecule has 4 nitrogen and oxygen atoms in total. The lowest BCUT2D eigenvalue weighted by molar-refractivity contribution is 0.407. The van der Waals surface area contributed by atoms with Gasteiger partial charge in [0.1, 0.15) is 5.82 Å². The van der Waals surface area contributed by atoms with E-state index in [1.807, 2.05) is 0 Å². The largest absolute Gasteiger partial charge is 0.343 e. The highest BCUT2D eigenvalue weighted by Crippen LogP contribution is 2.16. The maximum Gasteiger partial charge on any atom is 0.213 e. The van der Waals surface area contributed by atoms with Gasteiger partial charge in [0.25, 0.3) is 0 Å². The van der Waals surface area contributed by atoms with Gasteiger partial charge in [0.15, 0.2) is 5.82 Å². The molecular weight excluding hydrogens is 185 g/mol. The molecular formula is C9H8FN3O. The van der Waals surface area contributed by atoms with Crippen LogP contribution in [0.2, 0.25) is 0 Å². The number of hydrogen-bond donors (Lipinski definition) is 1. The summed E-state index contributed by atoms with van der Waals surface area (Å²) in [6.45, 7) is 0. The van der Waals surface area contributed by atoms with E-state index >= 15 is 0 Å². The molecule has 2 N–H and O–H groups in total. The van der Waals surface area contributed by atoms with Crippen LogP contribution < -0.4 is 5.73 Å². The first-order valence-electron chi connectivity index (χ1n) is 4.04. The summed E-state index contributed by atoms with van der Waals surface area (Å²) in [4.78, 5) is 3.80. The maximum absolute atomic E-state index is 12.8. The first-order valence-corrected chi connectivity index (χ1v) is 4.04. The molecule has 72 valence electrons. The Bertz CT molecular complexity index is 416. The van der Waals surface area contributed by atoms with E-state index in [1.165, 1.54) is 18.5 Å². The molecule has 2 rings (SSSR count). The summed E-state index contributed by atoms with van der Waals surface area (Å²) in [5.41, 5.74) is 6.40. The predicted octanol–water partition coefficient (Wildman–Crippen LogP) is 1.26. The fourth-order valence-corrected chi connectivity index (χ4v) is 1.16. The van der Waals surface area contributed by atoms with Crippen LogP contribution >= 0.6 is 0 Å². The average molecular weight is 193 g/mol. The second-order valence-electron chi connectivity index (χ2n) is 2.82. The lowest BCUT2D eigenvalue weighted by Gasteiger charge is -2.06. The van der Waals surface area contributed by atoms with Crippen molar-refractivity contribution in [1.29, 1.82) is 0 Å². The molecule has 1 heterocycles. The molecule has 1 aromatic heterocycles.